The van der Waals surface area contributed by atoms with E-state index >= 15 is 0 Å². The summed E-state index contributed by atoms with van der Waals surface area (Å²) in [6.45, 7) is 4.07. The van der Waals surface area contributed by atoms with Crippen LogP contribution >= 0.6 is 11.8 Å². The first-order chi connectivity index (χ1) is 13.7. The maximum absolute atomic E-state index is 12.8. The second-order valence-electron chi connectivity index (χ2n) is 7.23. The summed E-state index contributed by atoms with van der Waals surface area (Å²) >= 11 is 1.50. The Hall–Kier alpha value is -2.25. The second kappa shape index (κ2) is 8.84. The molecule has 0 atom stereocenters. The lowest BCUT2D eigenvalue weighted by Gasteiger charge is -2.27. The number of hydrogen-bond donors (Lipinski definition) is 1. The van der Waals surface area contributed by atoms with Crippen molar-refractivity contribution in [3.8, 4) is 5.69 Å². The molecule has 1 N–H and O–H groups in total. The van der Waals surface area contributed by atoms with Crippen LogP contribution in [0.1, 0.15) is 19.3 Å². The fourth-order valence-corrected chi connectivity index (χ4v) is 4.74. The highest BCUT2D eigenvalue weighted by Crippen LogP contribution is 2.32. The summed E-state index contributed by atoms with van der Waals surface area (Å²) in [4.78, 5) is 29.4. The molecule has 0 spiro atoms. The molecule has 2 amide bonds. The normalized spacial score (nSPS) is 17.0. The number of benzene rings is 1. The van der Waals surface area contributed by atoms with Gasteiger partial charge in [-0.1, -0.05) is 23.9 Å². The molecule has 0 unspecified atom stereocenters. The summed E-state index contributed by atoms with van der Waals surface area (Å²) in [6, 6.07) is 11.7. The molecule has 1 aromatic heterocycles. The fourth-order valence-electron chi connectivity index (χ4n) is 3.84. The second-order valence-corrected chi connectivity index (χ2v) is 8.22. The number of likely N-dealkylation sites (tertiary alicyclic amines) is 1. The first-order valence-corrected chi connectivity index (χ1v) is 10.9. The molecule has 0 radical (unpaired) electrons. The smallest absolute Gasteiger partial charge is 0.240 e. The first kappa shape index (κ1) is 19.1. The molecule has 1 aromatic carbocycles. The maximum atomic E-state index is 12.8. The zero-order chi connectivity index (χ0) is 19.3. The molecule has 6 nitrogen and oxygen atoms in total. The van der Waals surface area contributed by atoms with E-state index in [1.807, 2.05) is 42.6 Å². The van der Waals surface area contributed by atoms with Gasteiger partial charge in [-0.3, -0.25) is 9.59 Å². The average molecular weight is 399 g/mol. The van der Waals surface area contributed by atoms with Gasteiger partial charge in [0.05, 0.1) is 22.2 Å². The van der Waals surface area contributed by atoms with Crippen molar-refractivity contribution in [2.75, 3.05) is 43.4 Å². The van der Waals surface area contributed by atoms with Crippen LogP contribution in [0.25, 0.3) is 5.69 Å². The molecule has 148 valence electrons. The molecule has 2 aromatic rings. The van der Waals surface area contributed by atoms with Crippen LogP contribution in [0.3, 0.4) is 0 Å². The molecule has 1 fully saturated rings. The highest BCUT2D eigenvalue weighted by atomic mass is 32.2. The number of nitrogens with zero attached hydrogens (tertiary/aromatic N) is 3. The zero-order valence-electron chi connectivity index (χ0n) is 16.0. The minimum atomic E-state index is -0.108. The molecular formula is C21H26N4O2S. The van der Waals surface area contributed by atoms with Gasteiger partial charge in [0, 0.05) is 12.7 Å². The van der Waals surface area contributed by atoms with Crippen LogP contribution in [0.2, 0.25) is 0 Å². The molecule has 0 saturated carbocycles. The maximum Gasteiger partial charge on any atom is 0.240 e. The van der Waals surface area contributed by atoms with Gasteiger partial charge >= 0.3 is 0 Å². The molecule has 0 bridgehead atoms. The number of carbonyl (C=O) groups is 2. The van der Waals surface area contributed by atoms with E-state index in [0.717, 1.165) is 29.4 Å². The number of hydrogen-bond acceptors (Lipinski definition) is 4. The highest BCUT2D eigenvalue weighted by molar-refractivity contribution is 7.99. The van der Waals surface area contributed by atoms with Gasteiger partial charge in [0.2, 0.25) is 11.8 Å². The zero-order valence-corrected chi connectivity index (χ0v) is 16.8. The van der Waals surface area contributed by atoms with E-state index in [2.05, 4.69) is 14.8 Å². The number of anilines is 1. The number of rotatable bonds is 6. The van der Waals surface area contributed by atoms with Gasteiger partial charge in [0.25, 0.3) is 0 Å². The Morgan fingerprint density at radius 1 is 1.07 bits per heavy atom. The third-order valence-corrected chi connectivity index (χ3v) is 6.28. The van der Waals surface area contributed by atoms with Crippen molar-refractivity contribution in [1.29, 1.82) is 0 Å². The van der Waals surface area contributed by atoms with Gasteiger partial charge in [-0.2, -0.15) is 0 Å². The van der Waals surface area contributed by atoms with E-state index in [9.17, 15) is 9.59 Å². The monoisotopic (exact) mass is 398 g/mol. The lowest BCUT2D eigenvalue weighted by atomic mass is 10.2. The third-order valence-electron chi connectivity index (χ3n) is 5.26. The molecule has 7 heteroatoms. The fraction of sp³-hybridized carbons (Fsp3) is 0.429. The highest BCUT2D eigenvalue weighted by Gasteiger charge is 2.25. The van der Waals surface area contributed by atoms with E-state index in [1.165, 1.54) is 37.7 Å². The van der Waals surface area contributed by atoms with Crippen molar-refractivity contribution in [3.63, 3.8) is 0 Å². The quantitative estimate of drug-likeness (QED) is 0.760. The molecule has 2 aliphatic rings. The molecule has 1 saturated heterocycles. The van der Waals surface area contributed by atoms with Crippen molar-refractivity contribution in [1.82, 2.24) is 14.8 Å². The Kier molecular flexibility index (Phi) is 6.02. The van der Waals surface area contributed by atoms with Gasteiger partial charge in [0.15, 0.2) is 0 Å². The molecule has 28 heavy (non-hydrogen) atoms. The molecular weight excluding hydrogens is 372 g/mol. The summed E-state index contributed by atoms with van der Waals surface area (Å²) in [7, 11) is 0. The number of aromatic nitrogens is 1. The lowest BCUT2D eigenvalue weighted by molar-refractivity contribution is -0.122. The van der Waals surface area contributed by atoms with E-state index in [-0.39, 0.29) is 18.4 Å². The number of carbonyl (C=O) groups excluding carboxylic acids is 2. The number of amides is 2. The van der Waals surface area contributed by atoms with Crippen molar-refractivity contribution in [3.05, 3.63) is 42.6 Å². The predicted molar refractivity (Wildman–Crippen MR) is 112 cm³/mol. The Balaban J connectivity index is 1.42. The van der Waals surface area contributed by atoms with Gasteiger partial charge in [-0.25, -0.2) is 0 Å². The lowest BCUT2D eigenvalue weighted by Crippen LogP contribution is -2.43. The van der Waals surface area contributed by atoms with Gasteiger partial charge < -0.3 is 19.7 Å². The molecule has 4 rings (SSSR count). The summed E-state index contributed by atoms with van der Waals surface area (Å²) in [5.41, 5.74) is 1.70. The van der Waals surface area contributed by atoms with Crippen molar-refractivity contribution < 1.29 is 9.59 Å². The summed E-state index contributed by atoms with van der Waals surface area (Å²) in [6.07, 6.45) is 5.50. The average Bonchev–Trinajstić information content (AvgIpc) is 3.38. The van der Waals surface area contributed by atoms with Gasteiger partial charge in [-0.15, -0.1) is 0 Å². The number of thioether (sulfide) groups is 1. The van der Waals surface area contributed by atoms with Crippen molar-refractivity contribution in [2.45, 2.75) is 24.3 Å². The van der Waals surface area contributed by atoms with Crippen LogP contribution in [0.4, 0.5) is 5.69 Å². The largest absolute Gasteiger partial charge is 0.355 e. The predicted octanol–water partition coefficient (Wildman–Crippen LogP) is 2.52. The third kappa shape index (κ3) is 4.25. The van der Waals surface area contributed by atoms with Gasteiger partial charge in [0.1, 0.15) is 6.54 Å². The van der Waals surface area contributed by atoms with Crippen LogP contribution in [0.15, 0.2) is 47.6 Å². The Labute approximate surface area is 169 Å². The van der Waals surface area contributed by atoms with Crippen LogP contribution in [-0.4, -0.2) is 59.8 Å². The SMILES string of the molecule is O=C(CN1C(=O)CSc2cccn2-c2ccccc21)NCCCN1CCCC1. The van der Waals surface area contributed by atoms with E-state index in [0.29, 0.717) is 12.3 Å². The topological polar surface area (TPSA) is 57.6 Å². The van der Waals surface area contributed by atoms with Crippen LogP contribution < -0.4 is 10.2 Å². The summed E-state index contributed by atoms with van der Waals surface area (Å²) in [5.74, 6) is 0.167. The van der Waals surface area contributed by atoms with E-state index in [1.54, 1.807) is 4.90 Å². The molecule has 0 aliphatic carbocycles. The van der Waals surface area contributed by atoms with Crippen molar-refractivity contribution >= 4 is 29.3 Å². The minimum Gasteiger partial charge on any atom is -0.355 e. The summed E-state index contributed by atoms with van der Waals surface area (Å²) in [5, 5.41) is 4.02. The van der Waals surface area contributed by atoms with E-state index < -0.39 is 0 Å². The number of para-hydroxylation sites is 2. The number of fused-ring (bicyclic) bond motifs is 3. The van der Waals surface area contributed by atoms with Crippen LogP contribution in [0.5, 0.6) is 0 Å². The Bertz CT molecular complexity index is 844. The minimum absolute atomic E-state index is 0.0443. The van der Waals surface area contributed by atoms with E-state index in [4.69, 9.17) is 0 Å². The molecule has 3 heterocycles. The first-order valence-electron chi connectivity index (χ1n) is 9.91. The number of nitrogens with one attached hydrogen (secondary N) is 1. The van der Waals surface area contributed by atoms with Crippen LogP contribution in [0, 0.1) is 0 Å². The molecule has 2 aliphatic heterocycles. The summed E-state index contributed by atoms with van der Waals surface area (Å²) < 4.78 is 2.08. The standard InChI is InChI=1S/C21H26N4O2S/c26-19(22-10-6-13-23-11-3-4-12-23)15-25-18-8-2-1-7-17(18)24-14-5-9-21(24)28-16-20(25)27/h1-2,5,7-9,14H,3-4,6,10-13,15-16H2,(H,22,26). The van der Waals surface area contributed by atoms with Crippen LogP contribution in [-0.2, 0) is 9.59 Å². The van der Waals surface area contributed by atoms with Crippen molar-refractivity contribution in [2.24, 2.45) is 0 Å². The van der Waals surface area contributed by atoms with Gasteiger partial charge in [-0.05, 0) is 63.2 Å². The Morgan fingerprint density at radius 3 is 2.68 bits per heavy atom. The Morgan fingerprint density at radius 2 is 1.86 bits per heavy atom.